The highest BCUT2D eigenvalue weighted by atomic mass is 32.2. The van der Waals surface area contributed by atoms with Crippen molar-refractivity contribution in [2.75, 3.05) is 52.6 Å². The topological polar surface area (TPSA) is 60.0 Å². The zero-order valence-corrected chi connectivity index (χ0v) is 19.7. The summed E-state index contributed by atoms with van der Waals surface area (Å²) in [6.07, 6.45) is 10.9. The summed E-state index contributed by atoms with van der Waals surface area (Å²) in [5.74, 6) is 1.70. The number of piperidine rings is 2. The van der Waals surface area contributed by atoms with Gasteiger partial charge in [-0.15, -0.1) is 0 Å². The molecule has 0 radical (unpaired) electrons. The molecule has 2 aliphatic heterocycles. The maximum atomic E-state index is 12.3. The molecular weight excluding hydrogens is 382 g/mol. The Labute approximate surface area is 180 Å². The molecule has 0 bridgehead atoms. The summed E-state index contributed by atoms with van der Waals surface area (Å²) in [5, 5.41) is 7.70. The first kappa shape index (κ1) is 23.0. The average molecular weight is 426 g/mol. The number of hydrogen-bond acceptors (Lipinski definition) is 4. The Morgan fingerprint density at radius 1 is 1.10 bits per heavy atom. The normalized spacial score (nSPS) is 30.7. The molecule has 2 N–H and O–H groups in total. The van der Waals surface area contributed by atoms with Crippen LogP contribution in [0.3, 0.4) is 0 Å². The highest BCUT2D eigenvalue weighted by Crippen LogP contribution is 2.31. The molecule has 3 atom stereocenters. The van der Waals surface area contributed by atoms with Gasteiger partial charge in [-0.2, -0.15) is 0 Å². The van der Waals surface area contributed by atoms with Crippen molar-refractivity contribution in [1.82, 2.24) is 20.4 Å². The molecular formula is C22H43N5OS. The van der Waals surface area contributed by atoms with Gasteiger partial charge >= 0.3 is 0 Å². The first-order chi connectivity index (χ1) is 14.1. The number of nitrogens with one attached hydrogen (secondary N) is 2. The summed E-state index contributed by atoms with van der Waals surface area (Å²) in [4.78, 5) is 9.77. The van der Waals surface area contributed by atoms with Gasteiger partial charge in [-0.3, -0.25) is 14.1 Å². The third-order valence-electron chi connectivity index (χ3n) is 7.38. The number of rotatable bonds is 6. The fourth-order valence-electron chi connectivity index (χ4n) is 5.39. The highest BCUT2D eigenvalue weighted by molar-refractivity contribution is 7.85. The second-order valence-corrected chi connectivity index (χ2v) is 11.3. The summed E-state index contributed by atoms with van der Waals surface area (Å²) < 4.78 is 12.3. The van der Waals surface area contributed by atoms with E-state index in [1.165, 1.54) is 58.3 Å². The molecule has 3 unspecified atom stereocenters. The fourth-order valence-corrected chi connectivity index (χ4v) is 6.74. The molecule has 29 heavy (non-hydrogen) atoms. The third-order valence-corrected chi connectivity index (χ3v) is 9.12. The Morgan fingerprint density at radius 2 is 1.83 bits per heavy atom. The van der Waals surface area contributed by atoms with E-state index in [2.05, 4.69) is 32.5 Å². The van der Waals surface area contributed by atoms with Crippen LogP contribution in [0.15, 0.2) is 4.99 Å². The summed E-state index contributed by atoms with van der Waals surface area (Å²) in [5.41, 5.74) is 0.253. The molecule has 2 saturated heterocycles. The maximum Gasteiger partial charge on any atom is 0.191 e. The van der Waals surface area contributed by atoms with Crippen LogP contribution in [0.2, 0.25) is 0 Å². The molecule has 0 aromatic carbocycles. The lowest BCUT2D eigenvalue weighted by Crippen LogP contribution is -2.62. The molecule has 7 heteroatoms. The minimum Gasteiger partial charge on any atom is -0.355 e. The van der Waals surface area contributed by atoms with Gasteiger partial charge in [0.15, 0.2) is 5.96 Å². The van der Waals surface area contributed by atoms with Crippen LogP contribution in [-0.4, -0.2) is 89.4 Å². The number of likely N-dealkylation sites (tertiary alicyclic amines) is 2. The van der Waals surface area contributed by atoms with Gasteiger partial charge in [0, 0.05) is 47.0 Å². The summed E-state index contributed by atoms with van der Waals surface area (Å²) in [6.45, 7) is 7.84. The Hall–Kier alpha value is -0.660. The number of hydrogen-bond donors (Lipinski definition) is 2. The van der Waals surface area contributed by atoms with Crippen molar-refractivity contribution in [3.63, 3.8) is 0 Å². The zero-order chi connectivity index (χ0) is 20.7. The Morgan fingerprint density at radius 3 is 2.48 bits per heavy atom. The molecule has 0 spiro atoms. The van der Waals surface area contributed by atoms with E-state index in [1.807, 2.05) is 14.0 Å². The van der Waals surface area contributed by atoms with E-state index in [-0.39, 0.29) is 5.54 Å². The van der Waals surface area contributed by atoms with E-state index in [9.17, 15) is 4.21 Å². The number of aliphatic imine (C=N–C) groups is 1. The van der Waals surface area contributed by atoms with Crippen LogP contribution in [-0.2, 0) is 10.8 Å². The molecule has 1 aliphatic carbocycles. The molecule has 6 nitrogen and oxygen atoms in total. The zero-order valence-electron chi connectivity index (χ0n) is 18.9. The van der Waals surface area contributed by atoms with Gasteiger partial charge in [0.25, 0.3) is 0 Å². The Balaban J connectivity index is 1.58. The van der Waals surface area contributed by atoms with Crippen LogP contribution < -0.4 is 10.6 Å². The van der Waals surface area contributed by atoms with E-state index in [0.717, 1.165) is 43.9 Å². The molecule has 2 heterocycles. The lowest BCUT2D eigenvalue weighted by Gasteiger charge is -2.50. The minimum atomic E-state index is -0.684. The largest absolute Gasteiger partial charge is 0.355 e. The molecule has 3 aliphatic rings. The van der Waals surface area contributed by atoms with Gasteiger partial charge in [-0.1, -0.05) is 19.8 Å². The lowest BCUT2D eigenvalue weighted by molar-refractivity contribution is 0.0172. The number of guanidine groups is 1. The first-order valence-electron chi connectivity index (χ1n) is 11.8. The standard InChI is InChI=1S/C22H43N5OS/c1-4-29(28)20-10-8-9-19(17-20)25-21(23-2)24-18-22(11-15-26(3)16-12-22)27-13-6-5-7-14-27/h19-20H,4-18H2,1-3H3,(H2,23,24,25). The maximum absolute atomic E-state index is 12.3. The molecule has 0 aromatic rings. The summed E-state index contributed by atoms with van der Waals surface area (Å²) in [6, 6.07) is 0.388. The van der Waals surface area contributed by atoms with E-state index in [4.69, 9.17) is 0 Å². The van der Waals surface area contributed by atoms with Crippen molar-refractivity contribution in [2.45, 2.75) is 81.5 Å². The molecule has 3 rings (SSSR count). The first-order valence-corrected chi connectivity index (χ1v) is 13.2. The molecule has 0 aromatic heterocycles. The van der Waals surface area contributed by atoms with Crippen LogP contribution in [0.5, 0.6) is 0 Å². The van der Waals surface area contributed by atoms with Gasteiger partial charge in [0.05, 0.1) is 0 Å². The molecule has 1 saturated carbocycles. The van der Waals surface area contributed by atoms with Crippen molar-refractivity contribution in [3.05, 3.63) is 0 Å². The van der Waals surface area contributed by atoms with Crippen LogP contribution in [0.1, 0.15) is 64.7 Å². The van der Waals surface area contributed by atoms with Crippen molar-refractivity contribution >= 4 is 16.8 Å². The van der Waals surface area contributed by atoms with Gasteiger partial charge in [-0.05, 0) is 78.2 Å². The van der Waals surface area contributed by atoms with Crippen molar-refractivity contribution in [1.29, 1.82) is 0 Å². The van der Waals surface area contributed by atoms with Gasteiger partial charge in [-0.25, -0.2) is 0 Å². The van der Waals surface area contributed by atoms with E-state index < -0.39 is 10.8 Å². The predicted molar refractivity (Wildman–Crippen MR) is 124 cm³/mol. The number of nitrogens with zero attached hydrogens (tertiary/aromatic N) is 3. The quantitative estimate of drug-likeness (QED) is 0.505. The van der Waals surface area contributed by atoms with Crippen LogP contribution >= 0.6 is 0 Å². The van der Waals surface area contributed by atoms with Crippen LogP contribution in [0, 0.1) is 0 Å². The molecule has 0 amide bonds. The SMILES string of the molecule is CCS(=O)C1CCCC(NC(=NC)NCC2(N3CCCCC3)CCN(C)CC2)C1. The Kier molecular flexibility index (Phi) is 8.81. The van der Waals surface area contributed by atoms with Crippen LogP contribution in [0.25, 0.3) is 0 Å². The minimum absolute atomic E-state index is 0.253. The second-order valence-electron chi connectivity index (χ2n) is 9.30. The van der Waals surface area contributed by atoms with E-state index >= 15 is 0 Å². The summed E-state index contributed by atoms with van der Waals surface area (Å²) in [7, 11) is 3.44. The van der Waals surface area contributed by atoms with E-state index in [0.29, 0.717) is 11.3 Å². The third kappa shape index (κ3) is 6.17. The van der Waals surface area contributed by atoms with Crippen molar-refractivity contribution < 1.29 is 4.21 Å². The van der Waals surface area contributed by atoms with Crippen LogP contribution in [0.4, 0.5) is 0 Å². The second kappa shape index (κ2) is 11.1. The van der Waals surface area contributed by atoms with Gasteiger partial charge in [0.1, 0.15) is 0 Å². The smallest absolute Gasteiger partial charge is 0.191 e. The van der Waals surface area contributed by atoms with Gasteiger partial charge in [0.2, 0.25) is 0 Å². The monoisotopic (exact) mass is 425 g/mol. The van der Waals surface area contributed by atoms with Gasteiger partial charge < -0.3 is 15.5 Å². The molecule has 3 fully saturated rings. The van der Waals surface area contributed by atoms with Crippen molar-refractivity contribution in [2.24, 2.45) is 4.99 Å². The van der Waals surface area contributed by atoms with E-state index in [1.54, 1.807) is 0 Å². The highest BCUT2D eigenvalue weighted by Gasteiger charge is 2.39. The van der Waals surface area contributed by atoms with Crippen molar-refractivity contribution in [3.8, 4) is 0 Å². The summed E-state index contributed by atoms with van der Waals surface area (Å²) >= 11 is 0. The lowest BCUT2D eigenvalue weighted by atomic mass is 9.84. The predicted octanol–water partition coefficient (Wildman–Crippen LogP) is 2.18. The average Bonchev–Trinajstić information content (AvgIpc) is 2.78. The Bertz CT molecular complexity index is 555. The fraction of sp³-hybridized carbons (Fsp3) is 0.955. The molecule has 168 valence electrons.